The molecule has 0 unspecified atom stereocenters. The van der Waals surface area contributed by atoms with Crippen molar-refractivity contribution < 1.29 is 4.73 Å². The molecule has 9 heavy (non-hydrogen) atoms. The van der Waals surface area contributed by atoms with Crippen LogP contribution in [0.25, 0.3) is 0 Å². The molecule has 0 amide bonds. The van der Waals surface area contributed by atoms with Crippen LogP contribution in [-0.2, 0) is 0 Å². The quantitative estimate of drug-likeness (QED) is 0.389. The highest BCUT2D eigenvalue weighted by Gasteiger charge is 1.98. The summed E-state index contributed by atoms with van der Waals surface area (Å²) in [6.07, 6.45) is 2.64. The molecule has 0 bridgehead atoms. The third-order valence-electron chi connectivity index (χ3n) is 0.780. The number of rotatable bonds is 0. The van der Waals surface area contributed by atoms with Gasteiger partial charge in [-0.25, -0.2) is 4.98 Å². The minimum absolute atomic E-state index is 0.241. The number of hydrogen-bond acceptors (Lipinski definition) is 3. The molecule has 0 aromatic carbocycles. The van der Waals surface area contributed by atoms with Gasteiger partial charge in [-0.15, -0.1) is 0 Å². The van der Waals surface area contributed by atoms with E-state index >= 15 is 0 Å². The summed E-state index contributed by atoms with van der Waals surface area (Å²) < 4.78 is 1.19. The predicted octanol–water partition coefficient (Wildman–Crippen LogP) is -0.0982. The van der Waals surface area contributed by atoms with Gasteiger partial charge < -0.3 is 10.9 Å². The van der Waals surface area contributed by atoms with Crippen molar-refractivity contribution in [2.24, 2.45) is 0 Å². The molecule has 0 saturated heterocycles. The van der Waals surface area contributed by atoms with Crippen LogP contribution in [-0.4, -0.2) is 4.98 Å². The molecular formula is C4H4IN3O. The average molecular weight is 237 g/mol. The molecule has 1 aromatic rings. The van der Waals surface area contributed by atoms with Crippen molar-refractivity contribution >= 4 is 28.4 Å². The molecule has 0 aliphatic carbocycles. The Labute approximate surface area is 65.4 Å². The molecule has 4 nitrogen and oxygen atoms in total. The minimum Gasteiger partial charge on any atom is -0.618 e. The Kier molecular flexibility index (Phi) is 1.70. The lowest BCUT2D eigenvalue weighted by Gasteiger charge is -1.96. The van der Waals surface area contributed by atoms with Crippen molar-refractivity contribution in [3.8, 4) is 0 Å². The second-order valence-corrected chi connectivity index (χ2v) is 2.57. The van der Waals surface area contributed by atoms with Crippen LogP contribution in [0.2, 0.25) is 0 Å². The maximum atomic E-state index is 10.6. The number of nitrogen functional groups attached to an aromatic ring is 1. The molecule has 0 aliphatic rings. The summed E-state index contributed by atoms with van der Waals surface area (Å²) >= 11 is 1.87. The van der Waals surface area contributed by atoms with E-state index in [9.17, 15) is 5.21 Å². The van der Waals surface area contributed by atoms with Crippen LogP contribution in [0.1, 0.15) is 0 Å². The molecule has 0 atom stereocenters. The smallest absolute Gasteiger partial charge is 0.270 e. The lowest BCUT2D eigenvalue weighted by atomic mass is 10.7. The molecule has 0 saturated carbocycles. The number of anilines is 1. The highest BCUT2D eigenvalue weighted by molar-refractivity contribution is 14.1. The first-order valence-electron chi connectivity index (χ1n) is 2.20. The number of halogens is 1. The van der Waals surface area contributed by atoms with E-state index < -0.39 is 0 Å². The van der Waals surface area contributed by atoms with E-state index in [1.54, 1.807) is 0 Å². The van der Waals surface area contributed by atoms with Crippen LogP contribution in [0, 0.1) is 8.91 Å². The fourth-order valence-electron chi connectivity index (χ4n) is 0.400. The average Bonchev–Trinajstić information content (AvgIpc) is 1.80. The third kappa shape index (κ3) is 1.41. The Balaban J connectivity index is 3.17. The molecule has 48 valence electrons. The van der Waals surface area contributed by atoms with E-state index in [0.717, 1.165) is 0 Å². The SMILES string of the molecule is Nc1c[n+]([O-])c(I)cn1. The molecule has 0 radical (unpaired) electrons. The second kappa shape index (κ2) is 2.34. The molecule has 0 fully saturated rings. The van der Waals surface area contributed by atoms with Gasteiger partial charge in [-0.05, 0) is 0 Å². The lowest BCUT2D eigenvalue weighted by Crippen LogP contribution is -2.30. The van der Waals surface area contributed by atoms with Gasteiger partial charge in [0.25, 0.3) is 3.70 Å². The van der Waals surface area contributed by atoms with Crippen molar-refractivity contribution in [2.75, 3.05) is 5.73 Å². The van der Waals surface area contributed by atoms with Crippen LogP contribution < -0.4 is 10.5 Å². The first-order valence-corrected chi connectivity index (χ1v) is 3.28. The highest BCUT2D eigenvalue weighted by Crippen LogP contribution is 1.95. The predicted molar refractivity (Wildman–Crippen MR) is 40.3 cm³/mol. The summed E-state index contributed by atoms with van der Waals surface area (Å²) in [5.41, 5.74) is 5.19. The fraction of sp³-hybridized carbons (Fsp3) is 0. The highest BCUT2D eigenvalue weighted by atomic mass is 127. The number of nitrogens with two attached hydrogens (primary N) is 1. The van der Waals surface area contributed by atoms with Crippen molar-refractivity contribution in [1.82, 2.24) is 4.98 Å². The van der Waals surface area contributed by atoms with E-state index in [4.69, 9.17) is 5.73 Å². The molecule has 1 heterocycles. The van der Waals surface area contributed by atoms with Gasteiger partial charge in [-0.1, -0.05) is 0 Å². The number of nitrogens with zero attached hydrogens (tertiary/aromatic N) is 2. The van der Waals surface area contributed by atoms with E-state index in [1.807, 2.05) is 22.6 Å². The van der Waals surface area contributed by atoms with Crippen LogP contribution in [0.15, 0.2) is 12.4 Å². The molecule has 2 N–H and O–H groups in total. The van der Waals surface area contributed by atoms with E-state index in [1.165, 1.54) is 12.4 Å². The van der Waals surface area contributed by atoms with Gasteiger partial charge in [0.2, 0.25) is 6.20 Å². The molecule has 1 aromatic heterocycles. The Morgan fingerprint density at radius 1 is 1.78 bits per heavy atom. The third-order valence-corrected chi connectivity index (χ3v) is 1.53. The molecular weight excluding hydrogens is 233 g/mol. The summed E-state index contributed by atoms with van der Waals surface area (Å²) in [6, 6.07) is 0. The molecule has 1 rings (SSSR count). The first kappa shape index (κ1) is 6.53. The normalized spacial score (nSPS) is 9.44. The van der Waals surface area contributed by atoms with Crippen LogP contribution in [0.5, 0.6) is 0 Å². The van der Waals surface area contributed by atoms with Crippen molar-refractivity contribution in [3.05, 3.63) is 21.3 Å². The summed E-state index contributed by atoms with van der Waals surface area (Å²) in [5.74, 6) is 0.241. The van der Waals surface area contributed by atoms with Gasteiger partial charge >= 0.3 is 0 Å². The summed E-state index contributed by atoms with van der Waals surface area (Å²) in [6.45, 7) is 0. The second-order valence-electron chi connectivity index (χ2n) is 1.46. The molecule has 0 spiro atoms. The Hall–Kier alpha value is -0.590. The van der Waals surface area contributed by atoms with Crippen molar-refractivity contribution in [2.45, 2.75) is 0 Å². The molecule has 0 aliphatic heterocycles. The van der Waals surface area contributed by atoms with E-state index in [2.05, 4.69) is 4.98 Å². The van der Waals surface area contributed by atoms with Gasteiger partial charge in [0, 0.05) is 22.6 Å². The zero-order valence-electron chi connectivity index (χ0n) is 4.41. The number of aromatic nitrogens is 2. The zero-order valence-corrected chi connectivity index (χ0v) is 6.57. The Morgan fingerprint density at radius 2 is 2.44 bits per heavy atom. The van der Waals surface area contributed by atoms with Crippen LogP contribution in [0.4, 0.5) is 5.82 Å². The first-order chi connectivity index (χ1) is 4.20. The fourth-order valence-corrected chi connectivity index (χ4v) is 0.678. The zero-order chi connectivity index (χ0) is 6.85. The van der Waals surface area contributed by atoms with Gasteiger partial charge in [-0.2, -0.15) is 4.73 Å². The Bertz CT molecular complexity index is 227. The van der Waals surface area contributed by atoms with Crippen LogP contribution >= 0.6 is 22.6 Å². The largest absolute Gasteiger partial charge is 0.618 e. The maximum Gasteiger partial charge on any atom is 0.270 e. The monoisotopic (exact) mass is 237 g/mol. The van der Waals surface area contributed by atoms with E-state index in [0.29, 0.717) is 8.43 Å². The standard InChI is InChI=1S/C4H4IN3O/c5-3-1-7-4(6)2-8(3)9/h1-2H,(H2,6,7). The van der Waals surface area contributed by atoms with E-state index in [-0.39, 0.29) is 5.82 Å². The molecule has 5 heteroatoms. The summed E-state index contributed by atoms with van der Waals surface area (Å²) in [5, 5.41) is 10.6. The van der Waals surface area contributed by atoms with Crippen LogP contribution in [0.3, 0.4) is 0 Å². The van der Waals surface area contributed by atoms with Gasteiger partial charge in [0.1, 0.15) is 6.20 Å². The van der Waals surface area contributed by atoms with Gasteiger partial charge in [0.05, 0.1) is 0 Å². The summed E-state index contributed by atoms with van der Waals surface area (Å²) in [7, 11) is 0. The number of hydrogen-bond donors (Lipinski definition) is 1. The van der Waals surface area contributed by atoms with Gasteiger partial charge in [0.15, 0.2) is 5.82 Å². The van der Waals surface area contributed by atoms with Crippen molar-refractivity contribution in [1.29, 1.82) is 0 Å². The lowest BCUT2D eigenvalue weighted by molar-refractivity contribution is -0.618. The topological polar surface area (TPSA) is 65.8 Å². The van der Waals surface area contributed by atoms with Gasteiger partial charge in [-0.3, -0.25) is 0 Å². The minimum atomic E-state index is 0.241. The maximum absolute atomic E-state index is 10.6. The Morgan fingerprint density at radius 3 is 2.89 bits per heavy atom. The summed E-state index contributed by atoms with van der Waals surface area (Å²) in [4.78, 5) is 3.69. The van der Waals surface area contributed by atoms with Crippen molar-refractivity contribution in [3.63, 3.8) is 0 Å².